The number of unbranched alkanes of at least 4 members (excludes halogenated alkanes) is 1. The van der Waals surface area contributed by atoms with Crippen LogP contribution in [0, 0.1) is 6.92 Å². The van der Waals surface area contributed by atoms with E-state index in [0.717, 1.165) is 48.9 Å². The van der Waals surface area contributed by atoms with Crippen LogP contribution in [0.5, 0.6) is 0 Å². The molecule has 0 amide bonds. The van der Waals surface area contributed by atoms with Gasteiger partial charge < -0.3 is 5.32 Å². The summed E-state index contributed by atoms with van der Waals surface area (Å²) < 4.78 is 1.93. The van der Waals surface area contributed by atoms with Gasteiger partial charge in [-0.25, -0.2) is 0 Å². The minimum absolute atomic E-state index is 0.482. The SMILES string of the molecule is CCCCn1nc(C)c(CNC[C@@H](C)c2ccccc2)c1Cl. The molecule has 0 spiro atoms. The van der Waals surface area contributed by atoms with E-state index in [2.05, 4.69) is 54.6 Å². The van der Waals surface area contributed by atoms with Gasteiger partial charge in [0.05, 0.1) is 5.69 Å². The molecule has 22 heavy (non-hydrogen) atoms. The fourth-order valence-corrected chi connectivity index (χ4v) is 2.89. The minimum atomic E-state index is 0.482. The van der Waals surface area contributed by atoms with Crippen LogP contribution in [-0.4, -0.2) is 16.3 Å². The van der Waals surface area contributed by atoms with E-state index in [1.807, 2.05) is 11.6 Å². The normalized spacial score (nSPS) is 12.5. The highest BCUT2D eigenvalue weighted by atomic mass is 35.5. The number of aromatic nitrogens is 2. The van der Waals surface area contributed by atoms with Gasteiger partial charge >= 0.3 is 0 Å². The molecule has 0 saturated carbocycles. The zero-order valence-electron chi connectivity index (χ0n) is 13.8. The second kappa shape index (κ2) is 8.35. The van der Waals surface area contributed by atoms with Crippen molar-refractivity contribution in [1.82, 2.24) is 15.1 Å². The Morgan fingerprint density at radius 2 is 2.00 bits per heavy atom. The molecule has 2 rings (SSSR count). The Kier molecular flexibility index (Phi) is 6.47. The summed E-state index contributed by atoms with van der Waals surface area (Å²) >= 11 is 6.46. The second-order valence-corrected chi connectivity index (χ2v) is 6.23. The van der Waals surface area contributed by atoms with Crippen LogP contribution in [0.25, 0.3) is 0 Å². The highest BCUT2D eigenvalue weighted by Crippen LogP contribution is 2.20. The third kappa shape index (κ3) is 4.34. The predicted molar refractivity (Wildman–Crippen MR) is 93.4 cm³/mol. The van der Waals surface area contributed by atoms with Crippen molar-refractivity contribution in [2.45, 2.75) is 52.6 Å². The molecule has 3 nitrogen and oxygen atoms in total. The summed E-state index contributed by atoms with van der Waals surface area (Å²) in [6.45, 7) is 9.05. The first-order valence-corrected chi connectivity index (χ1v) is 8.48. The molecule has 0 aliphatic heterocycles. The summed E-state index contributed by atoms with van der Waals surface area (Å²) in [7, 11) is 0. The van der Waals surface area contributed by atoms with Crippen molar-refractivity contribution in [2.75, 3.05) is 6.54 Å². The largest absolute Gasteiger partial charge is 0.312 e. The fraction of sp³-hybridized carbons (Fsp3) is 0.500. The molecule has 0 bridgehead atoms. The van der Waals surface area contributed by atoms with E-state index < -0.39 is 0 Å². The lowest BCUT2D eigenvalue weighted by Crippen LogP contribution is -2.20. The first-order valence-electron chi connectivity index (χ1n) is 8.11. The van der Waals surface area contributed by atoms with Gasteiger partial charge in [-0.15, -0.1) is 0 Å². The molecule has 2 aromatic rings. The quantitative estimate of drug-likeness (QED) is 0.774. The van der Waals surface area contributed by atoms with E-state index in [-0.39, 0.29) is 0 Å². The van der Waals surface area contributed by atoms with Crippen LogP contribution in [0.2, 0.25) is 5.15 Å². The third-order valence-corrected chi connectivity index (χ3v) is 4.45. The molecule has 1 N–H and O–H groups in total. The van der Waals surface area contributed by atoms with Gasteiger partial charge in [-0.2, -0.15) is 5.10 Å². The molecule has 0 radical (unpaired) electrons. The third-order valence-electron chi connectivity index (χ3n) is 4.03. The van der Waals surface area contributed by atoms with Crippen LogP contribution >= 0.6 is 11.6 Å². The van der Waals surface area contributed by atoms with Gasteiger partial charge in [0.1, 0.15) is 5.15 Å². The van der Waals surface area contributed by atoms with Crippen molar-refractivity contribution in [3.63, 3.8) is 0 Å². The molecule has 1 heterocycles. The summed E-state index contributed by atoms with van der Waals surface area (Å²) in [5.41, 5.74) is 3.51. The predicted octanol–water partition coefficient (Wildman–Crippen LogP) is 4.54. The average molecular weight is 320 g/mol. The van der Waals surface area contributed by atoms with E-state index in [0.29, 0.717) is 5.92 Å². The van der Waals surface area contributed by atoms with E-state index in [4.69, 9.17) is 11.6 Å². The van der Waals surface area contributed by atoms with Crippen molar-refractivity contribution < 1.29 is 0 Å². The van der Waals surface area contributed by atoms with Gasteiger partial charge in [-0.1, -0.05) is 62.2 Å². The summed E-state index contributed by atoms with van der Waals surface area (Å²) in [5, 5.41) is 8.84. The maximum atomic E-state index is 6.46. The topological polar surface area (TPSA) is 29.9 Å². The molecule has 0 fully saturated rings. The van der Waals surface area contributed by atoms with Gasteiger partial charge in [0.2, 0.25) is 0 Å². The lowest BCUT2D eigenvalue weighted by Gasteiger charge is -2.13. The van der Waals surface area contributed by atoms with Crippen LogP contribution in [0.3, 0.4) is 0 Å². The Morgan fingerprint density at radius 1 is 1.27 bits per heavy atom. The van der Waals surface area contributed by atoms with Crippen molar-refractivity contribution in [1.29, 1.82) is 0 Å². The lowest BCUT2D eigenvalue weighted by atomic mass is 10.0. The molecule has 0 aliphatic carbocycles. The van der Waals surface area contributed by atoms with E-state index in [1.54, 1.807) is 0 Å². The number of rotatable bonds is 8. The van der Waals surface area contributed by atoms with Gasteiger partial charge in [0.25, 0.3) is 0 Å². The zero-order chi connectivity index (χ0) is 15.9. The summed E-state index contributed by atoms with van der Waals surface area (Å²) in [6, 6.07) is 10.6. The number of benzene rings is 1. The van der Waals surface area contributed by atoms with Crippen LogP contribution in [0.4, 0.5) is 0 Å². The Balaban J connectivity index is 1.90. The monoisotopic (exact) mass is 319 g/mol. The van der Waals surface area contributed by atoms with Gasteiger partial charge in [-0.3, -0.25) is 4.68 Å². The summed E-state index contributed by atoms with van der Waals surface area (Å²) in [6.07, 6.45) is 2.26. The number of nitrogens with one attached hydrogen (secondary N) is 1. The van der Waals surface area contributed by atoms with E-state index in [9.17, 15) is 0 Å². The first-order chi connectivity index (χ1) is 10.6. The van der Waals surface area contributed by atoms with Crippen molar-refractivity contribution >= 4 is 11.6 Å². The van der Waals surface area contributed by atoms with E-state index >= 15 is 0 Å². The Hall–Kier alpha value is -1.32. The highest BCUT2D eigenvalue weighted by Gasteiger charge is 2.13. The van der Waals surface area contributed by atoms with Crippen LogP contribution in [0.15, 0.2) is 30.3 Å². The zero-order valence-corrected chi connectivity index (χ0v) is 14.5. The minimum Gasteiger partial charge on any atom is -0.312 e. The van der Waals surface area contributed by atoms with Crippen LogP contribution in [-0.2, 0) is 13.1 Å². The average Bonchev–Trinajstić information content (AvgIpc) is 2.81. The van der Waals surface area contributed by atoms with Gasteiger partial charge in [0.15, 0.2) is 0 Å². The Labute approximate surface area is 138 Å². The number of hydrogen-bond acceptors (Lipinski definition) is 2. The molecule has 1 aromatic heterocycles. The fourth-order valence-electron chi connectivity index (χ4n) is 2.56. The second-order valence-electron chi connectivity index (χ2n) is 5.87. The van der Waals surface area contributed by atoms with Crippen molar-refractivity contribution in [3.8, 4) is 0 Å². The van der Waals surface area contributed by atoms with Crippen molar-refractivity contribution in [3.05, 3.63) is 52.3 Å². The van der Waals surface area contributed by atoms with E-state index in [1.165, 1.54) is 5.56 Å². The van der Waals surface area contributed by atoms with Crippen LogP contribution < -0.4 is 5.32 Å². The highest BCUT2D eigenvalue weighted by molar-refractivity contribution is 6.30. The maximum absolute atomic E-state index is 6.46. The molecule has 0 saturated heterocycles. The molecule has 0 unspecified atom stereocenters. The molecule has 1 aromatic carbocycles. The molecule has 4 heteroatoms. The van der Waals surface area contributed by atoms with Crippen molar-refractivity contribution in [2.24, 2.45) is 0 Å². The Bertz CT molecular complexity index is 578. The molecular formula is C18H26ClN3. The first kappa shape index (κ1) is 17.0. The van der Waals surface area contributed by atoms with Gasteiger partial charge in [0, 0.05) is 25.2 Å². The standard InChI is InChI=1S/C18H26ClN3/c1-4-5-11-22-18(19)17(15(3)21-22)13-20-12-14(2)16-9-7-6-8-10-16/h6-10,14,20H,4-5,11-13H2,1-3H3/t14-/m1/s1. The summed E-state index contributed by atoms with van der Waals surface area (Å²) in [5.74, 6) is 0.482. The maximum Gasteiger partial charge on any atom is 0.131 e. The number of aryl methyl sites for hydroxylation is 2. The molecule has 0 aliphatic rings. The number of hydrogen-bond donors (Lipinski definition) is 1. The molecule has 120 valence electrons. The van der Waals surface area contributed by atoms with Gasteiger partial charge in [-0.05, 0) is 24.8 Å². The Morgan fingerprint density at radius 3 is 2.68 bits per heavy atom. The number of halogens is 1. The molecule has 1 atom stereocenters. The smallest absolute Gasteiger partial charge is 0.131 e. The lowest BCUT2D eigenvalue weighted by molar-refractivity contribution is 0.568. The summed E-state index contributed by atoms with van der Waals surface area (Å²) in [4.78, 5) is 0. The van der Waals surface area contributed by atoms with Crippen LogP contribution in [0.1, 0.15) is 49.4 Å². The number of nitrogens with zero attached hydrogens (tertiary/aromatic N) is 2. The molecular weight excluding hydrogens is 294 g/mol.